The molecule has 1 atom stereocenters. The smallest absolute Gasteiger partial charge is 0.258 e. The lowest BCUT2D eigenvalue weighted by Crippen LogP contribution is -1.98. The number of aliphatic hydroxyl groups is 1. The standard InChI is InChI=1S/C12H12BrFN2O2/c1-2-3-10(17)11-15-12(18-16-11)7-4-5-8(13)9(14)6-7/h4-6,10,17H,2-3H2,1H3. The van der Waals surface area contributed by atoms with E-state index < -0.39 is 11.9 Å². The van der Waals surface area contributed by atoms with Crippen molar-refractivity contribution in [2.75, 3.05) is 0 Å². The van der Waals surface area contributed by atoms with Gasteiger partial charge in [-0.1, -0.05) is 18.5 Å². The molecule has 1 N–H and O–H groups in total. The van der Waals surface area contributed by atoms with Crippen LogP contribution in [0.2, 0.25) is 0 Å². The molecular weight excluding hydrogens is 303 g/mol. The molecule has 1 unspecified atom stereocenters. The number of aliphatic hydroxyl groups excluding tert-OH is 1. The molecule has 1 aromatic carbocycles. The lowest BCUT2D eigenvalue weighted by molar-refractivity contribution is 0.153. The number of rotatable bonds is 4. The first-order valence-electron chi connectivity index (χ1n) is 5.59. The zero-order valence-electron chi connectivity index (χ0n) is 9.73. The van der Waals surface area contributed by atoms with Crippen LogP contribution in [-0.2, 0) is 0 Å². The van der Waals surface area contributed by atoms with Crippen LogP contribution >= 0.6 is 15.9 Å². The number of nitrogens with zero attached hydrogens (tertiary/aromatic N) is 2. The van der Waals surface area contributed by atoms with Gasteiger partial charge in [0.1, 0.15) is 11.9 Å². The van der Waals surface area contributed by atoms with Crippen LogP contribution in [0.3, 0.4) is 0 Å². The van der Waals surface area contributed by atoms with Gasteiger partial charge in [-0.25, -0.2) is 4.39 Å². The molecule has 6 heteroatoms. The summed E-state index contributed by atoms with van der Waals surface area (Å²) in [6.07, 6.45) is 0.638. The van der Waals surface area contributed by atoms with E-state index in [-0.39, 0.29) is 11.7 Å². The van der Waals surface area contributed by atoms with E-state index in [1.807, 2.05) is 6.92 Å². The number of hydrogen-bond acceptors (Lipinski definition) is 4. The van der Waals surface area contributed by atoms with Crippen molar-refractivity contribution in [3.63, 3.8) is 0 Å². The summed E-state index contributed by atoms with van der Waals surface area (Å²) in [5.41, 5.74) is 0.484. The van der Waals surface area contributed by atoms with E-state index in [4.69, 9.17) is 4.52 Å². The molecule has 0 amide bonds. The van der Waals surface area contributed by atoms with E-state index in [0.29, 0.717) is 16.5 Å². The topological polar surface area (TPSA) is 59.2 Å². The van der Waals surface area contributed by atoms with Gasteiger partial charge in [-0.3, -0.25) is 0 Å². The molecule has 0 saturated heterocycles. The lowest BCUT2D eigenvalue weighted by atomic mass is 10.2. The van der Waals surface area contributed by atoms with Gasteiger partial charge in [0.2, 0.25) is 5.82 Å². The van der Waals surface area contributed by atoms with Crippen LogP contribution < -0.4 is 0 Å². The van der Waals surface area contributed by atoms with E-state index in [0.717, 1.165) is 6.42 Å². The fourth-order valence-corrected chi connectivity index (χ4v) is 1.77. The van der Waals surface area contributed by atoms with E-state index in [1.165, 1.54) is 6.07 Å². The maximum Gasteiger partial charge on any atom is 0.258 e. The molecule has 0 fully saturated rings. The van der Waals surface area contributed by atoms with Gasteiger partial charge in [0.15, 0.2) is 0 Å². The Balaban J connectivity index is 2.26. The van der Waals surface area contributed by atoms with Crippen molar-refractivity contribution < 1.29 is 14.0 Å². The number of benzene rings is 1. The number of halogens is 2. The fraction of sp³-hybridized carbons (Fsp3) is 0.333. The van der Waals surface area contributed by atoms with Crippen LogP contribution in [0, 0.1) is 5.82 Å². The normalized spacial score (nSPS) is 12.7. The van der Waals surface area contributed by atoms with Crippen molar-refractivity contribution in [1.29, 1.82) is 0 Å². The van der Waals surface area contributed by atoms with Gasteiger partial charge < -0.3 is 9.63 Å². The summed E-state index contributed by atoms with van der Waals surface area (Å²) >= 11 is 3.07. The Morgan fingerprint density at radius 2 is 2.28 bits per heavy atom. The third kappa shape index (κ3) is 2.76. The second-order valence-corrected chi connectivity index (χ2v) is 4.75. The summed E-state index contributed by atoms with van der Waals surface area (Å²) < 4.78 is 18.7. The van der Waals surface area contributed by atoms with Gasteiger partial charge in [0.25, 0.3) is 5.89 Å². The second kappa shape index (κ2) is 5.58. The van der Waals surface area contributed by atoms with Gasteiger partial charge in [-0.05, 0) is 40.5 Å². The van der Waals surface area contributed by atoms with Crippen molar-refractivity contribution in [3.8, 4) is 11.5 Å². The Morgan fingerprint density at radius 3 is 2.94 bits per heavy atom. The van der Waals surface area contributed by atoms with Crippen molar-refractivity contribution in [2.45, 2.75) is 25.9 Å². The molecule has 96 valence electrons. The summed E-state index contributed by atoms with van der Waals surface area (Å²) in [5.74, 6) is 0.0306. The quantitative estimate of drug-likeness (QED) is 0.938. The van der Waals surface area contributed by atoms with Gasteiger partial charge >= 0.3 is 0 Å². The van der Waals surface area contributed by atoms with E-state index in [2.05, 4.69) is 26.1 Å². The Labute approximate surface area is 112 Å². The maximum atomic E-state index is 13.4. The minimum Gasteiger partial charge on any atom is -0.385 e. The molecule has 4 nitrogen and oxygen atoms in total. The second-order valence-electron chi connectivity index (χ2n) is 3.89. The molecule has 0 aliphatic rings. The summed E-state index contributed by atoms with van der Waals surface area (Å²) in [4.78, 5) is 4.06. The Hall–Kier alpha value is -1.27. The maximum absolute atomic E-state index is 13.4. The van der Waals surface area contributed by atoms with Gasteiger partial charge in [0.05, 0.1) is 4.47 Å². The molecule has 0 radical (unpaired) electrons. The Bertz CT molecular complexity index is 545. The van der Waals surface area contributed by atoms with E-state index in [9.17, 15) is 9.50 Å². The molecule has 0 spiro atoms. The molecular formula is C12H12BrFN2O2. The van der Waals surface area contributed by atoms with E-state index in [1.54, 1.807) is 12.1 Å². The third-order valence-corrected chi connectivity index (χ3v) is 3.11. The highest BCUT2D eigenvalue weighted by molar-refractivity contribution is 9.10. The van der Waals surface area contributed by atoms with Crippen LogP contribution in [0.1, 0.15) is 31.7 Å². The zero-order valence-corrected chi connectivity index (χ0v) is 11.3. The summed E-state index contributed by atoms with van der Waals surface area (Å²) in [7, 11) is 0. The van der Waals surface area contributed by atoms with Crippen molar-refractivity contribution in [2.24, 2.45) is 0 Å². The van der Waals surface area contributed by atoms with Gasteiger partial charge in [0, 0.05) is 5.56 Å². The van der Waals surface area contributed by atoms with Crippen LogP contribution in [0.5, 0.6) is 0 Å². The first-order chi connectivity index (χ1) is 8.61. The fourth-order valence-electron chi connectivity index (χ4n) is 1.52. The molecule has 1 heterocycles. The number of hydrogen-bond donors (Lipinski definition) is 1. The van der Waals surface area contributed by atoms with Crippen LogP contribution in [0.15, 0.2) is 27.2 Å². The van der Waals surface area contributed by atoms with Gasteiger partial charge in [-0.15, -0.1) is 0 Å². The highest BCUT2D eigenvalue weighted by Gasteiger charge is 2.16. The Morgan fingerprint density at radius 1 is 1.50 bits per heavy atom. The number of aromatic nitrogens is 2. The minimum atomic E-state index is -0.743. The molecule has 0 bridgehead atoms. The largest absolute Gasteiger partial charge is 0.385 e. The highest BCUT2D eigenvalue weighted by atomic mass is 79.9. The van der Waals surface area contributed by atoms with Crippen molar-refractivity contribution >= 4 is 15.9 Å². The first kappa shape index (κ1) is 13.2. The lowest BCUT2D eigenvalue weighted by Gasteiger charge is -2.01. The van der Waals surface area contributed by atoms with Crippen molar-refractivity contribution in [3.05, 3.63) is 34.3 Å². The molecule has 0 saturated carbocycles. The molecule has 2 rings (SSSR count). The van der Waals surface area contributed by atoms with Gasteiger partial charge in [-0.2, -0.15) is 4.98 Å². The van der Waals surface area contributed by atoms with Crippen LogP contribution in [0.4, 0.5) is 4.39 Å². The molecule has 1 aromatic heterocycles. The molecule has 18 heavy (non-hydrogen) atoms. The average Bonchev–Trinajstić information content (AvgIpc) is 2.82. The summed E-state index contributed by atoms with van der Waals surface area (Å²) in [6.45, 7) is 1.95. The molecule has 0 aliphatic carbocycles. The molecule has 0 aliphatic heterocycles. The average molecular weight is 315 g/mol. The van der Waals surface area contributed by atoms with Crippen LogP contribution in [-0.4, -0.2) is 15.2 Å². The predicted octanol–water partition coefficient (Wildman–Crippen LogP) is 3.47. The summed E-state index contributed by atoms with van der Waals surface area (Å²) in [6, 6.07) is 4.53. The SMILES string of the molecule is CCCC(O)c1noc(-c2ccc(Br)c(F)c2)n1. The Kier molecular flexibility index (Phi) is 4.08. The van der Waals surface area contributed by atoms with E-state index >= 15 is 0 Å². The zero-order chi connectivity index (χ0) is 13.1. The van der Waals surface area contributed by atoms with Crippen LogP contribution in [0.25, 0.3) is 11.5 Å². The minimum absolute atomic E-state index is 0.201. The highest BCUT2D eigenvalue weighted by Crippen LogP contribution is 2.25. The monoisotopic (exact) mass is 314 g/mol. The van der Waals surface area contributed by atoms with Crippen molar-refractivity contribution in [1.82, 2.24) is 10.1 Å². The third-order valence-electron chi connectivity index (χ3n) is 2.47. The first-order valence-corrected chi connectivity index (χ1v) is 6.38. The summed E-state index contributed by atoms with van der Waals surface area (Å²) in [5, 5.41) is 13.4. The molecule has 2 aromatic rings. The predicted molar refractivity (Wildman–Crippen MR) is 67.3 cm³/mol.